The standard InChI is InChI=1S/C23H31ClO6/c1-13(2)11-29-21(26)19-17(25)10-23(5,28)20(22(27)30-12-14(3)4)18(19)15-6-8-16(24)9-7-15/h6-9,13-14,18-20,28H,10-12H2,1-5H3. The van der Waals surface area contributed by atoms with Crippen LogP contribution in [0.4, 0.5) is 0 Å². The number of hydrogen-bond donors (Lipinski definition) is 1. The summed E-state index contributed by atoms with van der Waals surface area (Å²) in [6.45, 7) is 9.36. The lowest BCUT2D eigenvalue weighted by atomic mass is 9.61. The molecule has 7 heteroatoms. The number of aliphatic hydroxyl groups is 1. The molecule has 1 aromatic rings. The Morgan fingerprint density at radius 2 is 1.57 bits per heavy atom. The van der Waals surface area contributed by atoms with E-state index in [1.165, 1.54) is 6.92 Å². The van der Waals surface area contributed by atoms with Crippen LogP contribution in [0, 0.1) is 23.7 Å². The first-order valence-electron chi connectivity index (χ1n) is 10.3. The Morgan fingerprint density at radius 1 is 1.07 bits per heavy atom. The van der Waals surface area contributed by atoms with Gasteiger partial charge >= 0.3 is 11.9 Å². The third-order valence-electron chi connectivity index (χ3n) is 5.15. The minimum absolute atomic E-state index is 0.0940. The van der Waals surface area contributed by atoms with Crippen molar-refractivity contribution in [1.29, 1.82) is 0 Å². The van der Waals surface area contributed by atoms with Crippen molar-refractivity contribution in [1.82, 2.24) is 0 Å². The van der Waals surface area contributed by atoms with Gasteiger partial charge in [-0.1, -0.05) is 51.4 Å². The third kappa shape index (κ3) is 5.82. The summed E-state index contributed by atoms with van der Waals surface area (Å²) in [4.78, 5) is 38.9. The van der Waals surface area contributed by atoms with Crippen molar-refractivity contribution in [3.8, 4) is 0 Å². The maximum absolute atomic E-state index is 13.0. The van der Waals surface area contributed by atoms with Gasteiger partial charge in [-0.05, 0) is 36.5 Å². The van der Waals surface area contributed by atoms with Crippen LogP contribution in [0.5, 0.6) is 0 Å². The van der Waals surface area contributed by atoms with Gasteiger partial charge in [-0.25, -0.2) is 0 Å². The first-order chi connectivity index (χ1) is 13.9. The van der Waals surface area contributed by atoms with Gasteiger partial charge in [0.25, 0.3) is 0 Å². The molecule has 0 radical (unpaired) electrons. The second-order valence-corrected chi connectivity index (χ2v) is 9.52. The molecule has 6 nitrogen and oxygen atoms in total. The number of carbonyl (C=O) groups is 3. The van der Waals surface area contributed by atoms with Crippen molar-refractivity contribution in [2.45, 2.75) is 52.6 Å². The largest absolute Gasteiger partial charge is 0.465 e. The van der Waals surface area contributed by atoms with Gasteiger partial charge in [0, 0.05) is 17.4 Å². The molecule has 0 aromatic heterocycles. The molecule has 0 heterocycles. The summed E-state index contributed by atoms with van der Waals surface area (Å²) in [5.41, 5.74) is -1.12. The molecule has 30 heavy (non-hydrogen) atoms. The van der Waals surface area contributed by atoms with Gasteiger partial charge in [0.1, 0.15) is 5.92 Å². The molecule has 2 rings (SSSR count). The molecular formula is C23H31ClO6. The van der Waals surface area contributed by atoms with Crippen LogP contribution in [-0.2, 0) is 23.9 Å². The fourth-order valence-electron chi connectivity index (χ4n) is 3.78. The highest BCUT2D eigenvalue weighted by Gasteiger charge is 2.57. The number of halogens is 1. The number of ketones is 1. The second kappa shape index (κ2) is 9.92. The van der Waals surface area contributed by atoms with E-state index in [4.69, 9.17) is 21.1 Å². The fraction of sp³-hybridized carbons (Fsp3) is 0.609. The van der Waals surface area contributed by atoms with Gasteiger partial charge in [-0.2, -0.15) is 0 Å². The molecule has 0 bridgehead atoms. The number of rotatable bonds is 7. The van der Waals surface area contributed by atoms with E-state index < -0.39 is 41.1 Å². The summed E-state index contributed by atoms with van der Waals surface area (Å²) in [6.07, 6.45) is -0.333. The van der Waals surface area contributed by atoms with Crippen molar-refractivity contribution >= 4 is 29.3 Å². The molecule has 1 aliphatic carbocycles. The van der Waals surface area contributed by atoms with E-state index in [9.17, 15) is 19.5 Å². The van der Waals surface area contributed by atoms with Gasteiger partial charge < -0.3 is 14.6 Å². The molecule has 0 aliphatic heterocycles. The van der Waals surface area contributed by atoms with Crippen molar-refractivity contribution < 1.29 is 29.0 Å². The van der Waals surface area contributed by atoms with E-state index >= 15 is 0 Å². The highest BCUT2D eigenvalue weighted by molar-refractivity contribution is 6.30. The lowest BCUT2D eigenvalue weighted by molar-refractivity contribution is -0.173. The molecule has 1 aromatic carbocycles. The van der Waals surface area contributed by atoms with Crippen LogP contribution >= 0.6 is 11.6 Å². The topological polar surface area (TPSA) is 89.9 Å². The minimum Gasteiger partial charge on any atom is -0.465 e. The predicted octanol–water partition coefficient (Wildman–Crippen LogP) is 3.78. The predicted molar refractivity (Wildman–Crippen MR) is 113 cm³/mol. The van der Waals surface area contributed by atoms with Gasteiger partial charge in [-0.15, -0.1) is 0 Å². The average Bonchev–Trinajstić information content (AvgIpc) is 2.63. The summed E-state index contributed by atoms with van der Waals surface area (Å²) in [7, 11) is 0. The summed E-state index contributed by atoms with van der Waals surface area (Å²) >= 11 is 6.00. The molecule has 1 saturated carbocycles. The molecule has 0 amide bonds. The van der Waals surface area contributed by atoms with Crippen LogP contribution in [0.3, 0.4) is 0 Å². The maximum Gasteiger partial charge on any atom is 0.317 e. The van der Waals surface area contributed by atoms with Gasteiger partial charge in [0.15, 0.2) is 5.78 Å². The molecule has 0 saturated heterocycles. The van der Waals surface area contributed by atoms with E-state index in [0.29, 0.717) is 10.6 Å². The van der Waals surface area contributed by atoms with E-state index in [-0.39, 0.29) is 31.5 Å². The fourth-order valence-corrected chi connectivity index (χ4v) is 3.90. The van der Waals surface area contributed by atoms with Gasteiger partial charge in [0.05, 0.1) is 24.7 Å². The molecule has 4 atom stereocenters. The van der Waals surface area contributed by atoms with E-state index in [0.717, 1.165) is 0 Å². The molecule has 1 fully saturated rings. The minimum atomic E-state index is -1.66. The second-order valence-electron chi connectivity index (χ2n) is 9.08. The Balaban J connectivity index is 2.51. The van der Waals surface area contributed by atoms with Gasteiger partial charge in [0.2, 0.25) is 0 Å². The van der Waals surface area contributed by atoms with Crippen LogP contribution in [0.2, 0.25) is 5.02 Å². The number of hydrogen-bond acceptors (Lipinski definition) is 6. The van der Waals surface area contributed by atoms with E-state index in [1.807, 2.05) is 27.7 Å². The summed E-state index contributed by atoms with van der Waals surface area (Å²) < 4.78 is 10.8. The number of esters is 2. The van der Waals surface area contributed by atoms with Crippen molar-refractivity contribution in [3.05, 3.63) is 34.9 Å². The Hall–Kier alpha value is -1.92. The first-order valence-corrected chi connectivity index (χ1v) is 10.7. The van der Waals surface area contributed by atoms with Crippen LogP contribution < -0.4 is 0 Å². The molecule has 0 spiro atoms. The van der Waals surface area contributed by atoms with Crippen LogP contribution in [0.15, 0.2) is 24.3 Å². The SMILES string of the molecule is CC(C)COC(=O)C1C(=O)CC(C)(O)C(C(=O)OCC(C)C)C1c1ccc(Cl)cc1. The molecule has 166 valence electrons. The summed E-state index contributed by atoms with van der Waals surface area (Å²) in [6, 6.07) is 6.57. The Labute approximate surface area is 182 Å². The Morgan fingerprint density at radius 3 is 2.07 bits per heavy atom. The number of Topliss-reactive ketones (excluding diaryl/α,β-unsaturated/α-hetero) is 1. The van der Waals surface area contributed by atoms with Crippen molar-refractivity contribution in [2.75, 3.05) is 13.2 Å². The first kappa shape index (κ1) is 24.4. The Bertz CT molecular complexity index is 768. The number of benzene rings is 1. The monoisotopic (exact) mass is 438 g/mol. The van der Waals surface area contributed by atoms with E-state index in [2.05, 4.69) is 0 Å². The summed E-state index contributed by atoms with van der Waals surface area (Å²) in [5.74, 6) is -4.82. The van der Waals surface area contributed by atoms with Crippen molar-refractivity contribution in [3.63, 3.8) is 0 Å². The zero-order valence-corrected chi connectivity index (χ0v) is 18.9. The third-order valence-corrected chi connectivity index (χ3v) is 5.40. The Kier molecular flexibility index (Phi) is 8.06. The number of carbonyl (C=O) groups excluding carboxylic acids is 3. The van der Waals surface area contributed by atoms with Crippen LogP contribution in [-0.4, -0.2) is 41.6 Å². The van der Waals surface area contributed by atoms with Gasteiger partial charge in [-0.3, -0.25) is 14.4 Å². The maximum atomic E-state index is 13.0. The van der Waals surface area contributed by atoms with Crippen LogP contribution in [0.25, 0.3) is 0 Å². The molecule has 1 N–H and O–H groups in total. The number of ether oxygens (including phenoxy) is 2. The highest BCUT2D eigenvalue weighted by atomic mass is 35.5. The molecule has 4 unspecified atom stereocenters. The highest BCUT2D eigenvalue weighted by Crippen LogP contribution is 2.47. The van der Waals surface area contributed by atoms with E-state index in [1.54, 1.807) is 24.3 Å². The zero-order valence-electron chi connectivity index (χ0n) is 18.2. The molecule has 1 aliphatic rings. The smallest absolute Gasteiger partial charge is 0.317 e. The lowest BCUT2D eigenvalue weighted by Gasteiger charge is -2.43. The van der Waals surface area contributed by atoms with Crippen LogP contribution in [0.1, 0.15) is 52.5 Å². The van der Waals surface area contributed by atoms with Crippen molar-refractivity contribution in [2.24, 2.45) is 23.7 Å². The quantitative estimate of drug-likeness (QED) is 0.514. The molecular weight excluding hydrogens is 408 g/mol. The zero-order chi connectivity index (χ0) is 22.6. The summed E-state index contributed by atoms with van der Waals surface area (Å²) in [5, 5.41) is 11.5. The average molecular weight is 439 g/mol. The normalized spacial score (nSPS) is 26.7. The lowest BCUT2D eigenvalue weighted by Crippen LogP contribution is -2.55.